The van der Waals surface area contributed by atoms with Gasteiger partial charge in [0, 0.05) is 49.6 Å². The molecule has 0 saturated heterocycles. The average Bonchev–Trinajstić information content (AvgIpc) is 3.99. The second kappa shape index (κ2) is 14.0. The Morgan fingerprint density at radius 1 is 0.349 bits per heavy atom. The van der Waals surface area contributed by atoms with Gasteiger partial charge in [0.15, 0.2) is 5.82 Å². The Kier molecular flexibility index (Phi) is 7.89. The Hall–Kier alpha value is -8.12. The third kappa shape index (κ3) is 5.14. The zero-order chi connectivity index (χ0) is 41.5. The second-order valence-corrected chi connectivity index (χ2v) is 20.1. The predicted octanol–water partition coefficient (Wildman–Crippen LogP) is 11.4. The van der Waals surface area contributed by atoms with E-state index in [9.17, 15) is 0 Å². The van der Waals surface area contributed by atoms with Crippen molar-refractivity contribution >= 4 is 72.6 Å². The van der Waals surface area contributed by atoms with Crippen molar-refractivity contribution in [3.8, 4) is 45.1 Å². The fraction of sp³-hybridized carbons (Fsp3) is 0. The third-order valence-electron chi connectivity index (χ3n) is 13.2. The zero-order valence-electron chi connectivity index (χ0n) is 34.2. The summed E-state index contributed by atoms with van der Waals surface area (Å²) in [6, 6.07) is 83.7. The van der Waals surface area contributed by atoms with Crippen molar-refractivity contribution in [2.45, 2.75) is 0 Å². The SMILES string of the molecule is c1ccc(-c2nc(-c3ccc(-n4c5ccccc5c5ccc6c7ccccc7n(-c7ccccc7)c6c54)cc3)nc3c2-c2ccccc2[Si]3(c2ccccc2)c2ccccc2)cc1. The van der Waals surface area contributed by atoms with Crippen LogP contribution in [0.5, 0.6) is 0 Å². The van der Waals surface area contributed by atoms with E-state index in [-0.39, 0.29) is 0 Å². The highest BCUT2D eigenvalue weighted by Gasteiger charge is 2.51. The van der Waals surface area contributed by atoms with Crippen molar-refractivity contribution < 1.29 is 0 Å². The summed E-state index contributed by atoms with van der Waals surface area (Å²) in [5.41, 5.74) is 12.3. The van der Waals surface area contributed by atoms with E-state index in [0.29, 0.717) is 0 Å². The second-order valence-electron chi connectivity index (χ2n) is 16.5. The molecular weight excluding hydrogens is 781 g/mol. The molecule has 0 bridgehead atoms. The Morgan fingerprint density at radius 2 is 0.825 bits per heavy atom. The lowest BCUT2D eigenvalue weighted by Gasteiger charge is -2.30. The quantitative estimate of drug-likeness (QED) is 0.157. The molecule has 1 aliphatic heterocycles. The molecular formula is C58H38N4Si. The molecule has 9 aromatic carbocycles. The van der Waals surface area contributed by atoms with Crippen molar-refractivity contribution in [2.75, 3.05) is 0 Å². The van der Waals surface area contributed by atoms with Gasteiger partial charge in [-0.2, -0.15) is 0 Å². The summed E-state index contributed by atoms with van der Waals surface area (Å²) in [5, 5.41) is 10.0. The number of hydrogen-bond acceptors (Lipinski definition) is 2. The monoisotopic (exact) mass is 818 g/mol. The fourth-order valence-electron chi connectivity index (χ4n) is 10.6. The lowest BCUT2D eigenvalue weighted by molar-refractivity contribution is 1.15. The molecule has 0 fully saturated rings. The summed E-state index contributed by atoms with van der Waals surface area (Å²) in [6.07, 6.45) is 0. The standard InChI is InChI=1S/C58H38N4Si/c1-5-19-39(20-6-1)54-53-49-29-15-18-32-52(49)63(43-23-9-3-10-24-43,44-25-11-4-12-26-44)58(53)60-57(59-54)40-33-35-42(36-34-40)62-51-31-17-14-28-46(51)48-38-37-47-45-27-13-16-30-50(45)61(55(47)56(48)62)41-21-7-2-8-22-41/h1-38H. The van der Waals surface area contributed by atoms with E-state index in [1.165, 1.54) is 59.2 Å². The van der Waals surface area contributed by atoms with Crippen molar-refractivity contribution in [3.63, 3.8) is 0 Å². The molecule has 0 aliphatic carbocycles. The first-order chi connectivity index (χ1) is 31.3. The first-order valence-corrected chi connectivity index (χ1v) is 23.6. The van der Waals surface area contributed by atoms with Crippen LogP contribution < -0.4 is 20.9 Å². The van der Waals surface area contributed by atoms with E-state index < -0.39 is 8.07 Å². The predicted molar refractivity (Wildman–Crippen MR) is 264 cm³/mol. The highest BCUT2D eigenvalue weighted by Crippen LogP contribution is 2.42. The summed E-state index contributed by atoms with van der Waals surface area (Å²) in [6.45, 7) is 0. The summed E-state index contributed by atoms with van der Waals surface area (Å²) in [5.74, 6) is 0.726. The third-order valence-corrected chi connectivity index (χ3v) is 17.9. The molecule has 3 aromatic heterocycles. The van der Waals surface area contributed by atoms with E-state index in [4.69, 9.17) is 9.97 Å². The number of fused-ring (bicyclic) bond motifs is 10. The van der Waals surface area contributed by atoms with Crippen molar-refractivity contribution in [3.05, 3.63) is 231 Å². The molecule has 294 valence electrons. The number of nitrogens with zero attached hydrogens (tertiary/aromatic N) is 4. The summed E-state index contributed by atoms with van der Waals surface area (Å²) in [7, 11) is -2.90. The van der Waals surface area contributed by atoms with Crippen molar-refractivity contribution in [1.29, 1.82) is 0 Å². The van der Waals surface area contributed by atoms with Crippen LogP contribution >= 0.6 is 0 Å². The smallest absolute Gasteiger partial charge is 0.203 e. The first kappa shape index (κ1) is 35.6. The first-order valence-electron chi connectivity index (χ1n) is 21.6. The Morgan fingerprint density at radius 3 is 1.41 bits per heavy atom. The van der Waals surface area contributed by atoms with Gasteiger partial charge < -0.3 is 9.13 Å². The summed E-state index contributed by atoms with van der Waals surface area (Å²) in [4.78, 5) is 11.3. The molecule has 0 unspecified atom stereocenters. The maximum Gasteiger partial charge on any atom is 0.203 e. The van der Waals surface area contributed by atoms with Crippen LogP contribution in [0.3, 0.4) is 0 Å². The van der Waals surface area contributed by atoms with Crippen LogP contribution in [0.2, 0.25) is 0 Å². The van der Waals surface area contributed by atoms with Crippen LogP contribution in [-0.2, 0) is 0 Å². The van der Waals surface area contributed by atoms with Crippen LogP contribution in [-0.4, -0.2) is 27.2 Å². The molecule has 0 radical (unpaired) electrons. The van der Waals surface area contributed by atoms with Gasteiger partial charge in [-0.1, -0.05) is 182 Å². The van der Waals surface area contributed by atoms with Crippen LogP contribution in [0.15, 0.2) is 231 Å². The number of hydrogen-bond donors (Lipinski definition) is 0. The average molecular weight is 819 g/mol. The highest BCUT2D eigenvalue weighted by atomic mass is 28.3. The molecule has 4 nitrogen and oxygen atoms in total. The van der Waals surface area contributed by atoms with Crippen LogP contribution in [0.1, 0.15) is 0 Å². The van der Waals surface area contributed by atoms with Crippen molar-refractivity contribution in [1.82, 2.24) is 19.1 Å². The Bertz CT molecular complexity index is 3670. The van der Waals surface area contributed by atoms with Crippen LogP contribution in [0.25, 0.3) is 88.8 Å². The van der Waals surface area contributed by atoms with Gasteiger partial charge in [-0.3, -0.25) is 0 Å². The number of para-hydroxylation sites is 3. The van der Waals surface area contributed by atoms with E-state index >= 15 is 0 Å². The molecule has 1 aliphatic rings. The lowest BCUT2D eigenvalue weighted by atomic mass is 10.0. The van der Waals surface area contributed by atoms with Gasteiger partial charge in [0.05, 0.1) is 33.1 Å². The molecule has 5 heteroatoms. The van der Waals surface area contributed by atoms with Gasteiger partial charge in [-0.05, 0) is 69.7 Å². The highest BCUT2D eigenvalue weighted by molar-refractivity contribution is 7.21. The molecule has 4 heterocycles. The van der Waals surface area contributed by atoms with Gasteiger partial charge >= 0.3 is 0 Å². The minimum absolute atomic E-state index is 0.726. The van der Waals surface area contributed by atoms with Crippen LogP contribution in [0, 0.1) is 0 Å². The Labute approximate surface area is 365 Å². The van der Waals surface area contributed by atoms with E-state index in [0.717, 1.165) is 50.4 Å². The minimum Gasteiger partial charge on any atom is -0.307 e. The summed E-state index contributed by atoms with van der Waals surface area (Å²) >= 11 is 0. The topological polar surface area (TPSA) is 35.6 Å². The molecule has 63 heavy (non-hydrogen) atoms. The molecule has 12 aromatic rings. The van der Waals surface area contributed by atoms with Crippen molar-refractivity contribution in [2.24, 2.45) is 0 Å². The van der Waals surface area contributed by atoms with Gasteiger partial charge in [-0.25, -0.2) is 9.97 Å². The van der Waals surface area contributed by atoms with E-state index in [2.05, 4.69) is 240 Å². The normalized spacial score (nSPS) is 12.9. The maximum absolute atomic E-state index is 5.77. The molecule has 0 atom stereocenters. The molecule has 13 rings (SSSR count). The largest absolute Gasteiger partial charge is 0.307 e. The van der Waals surface area contributed by atoms with Gasteiger partial charge in [0.1, 0.15) is 0 Å². The van der Waals surface area contributed by atoms with Gasteiger partial charge in [0.25, 0.3) is 0 Å². The van der Waals surface area contributed by atoms with E-state index in [1.54, 1.807) is 0 Å². The maximum atomic E-state index is 5.77. The zero-order valence-corrected chi connectivity index (χ0v) is 35.2. The molecule has 0 N–H and O–H groups in total. The minimum atomic E-state index is -2.90. The molecule has 0 spiro atoms. The molecule has 0 amide bonds. The van der Waals surface area contributed by atoms with E-state index in [1.807, 2.05) is 0 Å². The molecule has 0 saturated carbocycles. The number of rotatable bonds is 6. The van der Waals surface area contributed by atoms with Crippen LogP contribution in [0.4, 0.5) is 0 Å². The van der Waals surface area contributed by atoms with Gasteiger partial charge in [-0.15, -0.1) is 0 Å². The lowest BCUT2D eigenvalue weighted by Crippen LogP contribution is -2.73. The Balaban J connectivity index is 1.07. The number of aromatic nitrogens is 4. The van der Waals surface area contributed by atoms with Gasteiger partial charge in [0.2, 0.25) is 8.07 Å². The summed E-state index contributed by atoms with van der Waals surface area (Å²) < 4.78 is 4.89. The number of benzene rings is 9. The fourth-order valence-corrected chi connectivity index (χ4v) is 15.6.